The minimum atomic E-state index is -4.34. The van der Waals surface area contributed by atoms with E-state index in [0.717, 1.165) is 4.68 Å². The van der Waals surface area contributed by atoms with Crippen molar-refractivity contribution in [2.45, 2.75) is 24.8 Å². The van der Waals surface area contributed by atoms with Crippen molar-refractivity contribution in [3.05, 3.63) is 15.8 Å². The maximum absolute atomic E-state index is 11.5. The van der Waals surface area contributed by atoms with Gasteiger partial charge in [-0.3, -0.25) is 4.79 Å². The van der Waals surface area contributed by atoms with E-state index in [1.807, 2.05) is 0 Å². The fourth-order valence-corrected chi connectivity index (χ4v) is 2.91. The number of rotatable bonds is 4. The van der Waals surface area contributed by atoms with Gasteiger partial charge in [0.1, 0.15) is 6.04 Å². The Hall–Kier alpha value is -1.68. The third-order valence-electron chi connectivity index (χ3n) is 2.49. The van der Waals surface area contributed by atoms with Crippen LogP contribution in [-0.2, 0) is 13.8 Å². The van der Waals surface area contributed by atoms with Gasteiger partial charge in [0.25, 0.3) is 9.05 Å². The third-order valence-corrected chi connectivity index (χ3v) is 3.92. The first-order valence-electron chi connectivity index (χ1n) is 5.01. The Morgan fingerprint density at radius 3 is 2.42 bits per heavy atom. The summed E-state index contributed by atoms with van der Waals surface area (Å²) in [6.07, 6.45) is 0. The Labute approximate surface area is 113 Å². The zero-order chi connectivity index (χ0) is 15.0. The van der Waals surface area contributed by atoms with Crippen LogP contribution in [0.25, 0.3) is 0 Å². The number of aromatic nitrogens is 2. The van der Waals surface area contributed by atoms with Gasteiger partial charge in [0.2, 0.25) is 10.8 Å². The molecule has 0 aliphatic heterocycles. The summed E-state index contributed by atoms with van der Waals surface area (Å²) in [7, 11) is 2.20. The first-order chi connectivity index (χ1) is 8.61. The lowest BCUT2D eigenvalue weighted by Crippen LogP contribution is -2.29. The molecule has 1 N–H and O–H groups in total. The number of carbonyl (C=O) groups is 1. The molecule has 0 aliphatic carbocycles. The second kappa shape index (κ2) is 5.13. The predicted octanol–water partition coefficient (Wildman–Crippen LogP) is 0.334. The lowest BCUT2D eigenvalue weighted by molar-refractivity contribution is -0.392. The number of nitro groups is 1. The van der Waals surface area contributed by atoms with Crippen LogP contribution in [0.3, 0.4) is 0 Å². The van der Waals surface area contributed by atoms with Gasteiger partial charge in [0, 0.05) is 17.7 Å². The molecule has 0 saturated carbocycles. The molecule has 1 unspecified atom stereocenters. The highest BCUT2D eigenvalue weighted by Crippen LogP contribution is 2.30. The highest BCUT2D eigenvalue weighted by atomic mass is 35.7. The van der Waals surface area contributed by atoms with Gasteiger partial charge in [-0.05, 0) is 18.8 Å². The summed E-state index contributed by atoms with van der Waals surface area (Å²) >= 11 is 0. The van der Waals surface area contributed by atoms with Gasteiger partial charge < -0.3 is 15.4 Å². The standard InChI is InChI=1S/C8H11ClN4O5S/c1-4-6(19(9,17)18)7(13(15)16)11-12(4)5(2)8(14)10-3/h5H,1-3H3,(H,10,14). The number of hydrogen-bond acceptors (Lipinski definition) is 6. The highest BCUT2D eigenvalue weighted by molar-refractivity contribution is 8.13. The lowest BCUT2D eigenvalue weighted by Gasteiger charge is -2.08. The van der Waals surface area contributed by atoms with Crippen molar-refractivity contribution in [3.63, 3.8) is 0 Å². The first-order valence-corrected chi connectivity index (χ1v) is 7.32. The van der Waals surface area contributed by atoms with Crippen LogP contribution in [0.2, 0.25) is 0 Å². The fourth-order valence-electron chi connectivity index (χ4n) is 1.59. The molecule has 1 rings (SSSR count). The number of amides is 1. The monoisotopic (exact) mass is 310 g/mol. The maximum Gasteiger partial charge on any atom is 0.410 e. The molecule has 1 aromatic rings. The molecule has 11 heteroatoms. The van der Waals surface area contributed by atoms with Crippen LogP contribution in [0.4, 0.5) is 5.82 Å². The van der Waals surface area contributed by atoms with Gasteiger partial charge in [0.05, 0.1) is 10.8 Å². The fraction of sp³-hybridized carbons (Fsp3) is 0.500. The molecule has 1 aromatic heterocycles. The highest BCUT2D eigenvalue weighted by Gasteiger charge is 2.36. The Morgan fingerprint density at radius 2 is 2.11 bits per heavy atom. The van der Waals surface area contributed by atoms with E-state index in [1.54, 1.807) is 0 Å². The van der Waals surface area contributed by atoms with E-state index in [-0.39, 0.29) is 5.69 Å². The minimum Gasteiger partial charge on any atom is -0.358 e. The SMILES string of the molecule is CNC(=O)C(C)n1nc([N+](=O)[O-])c(S(=O)(=O)Cl)c1C. The summed E-state index contributed by atoms with van der Waals surface area (Å²) in [6.45, 7) is 2.71. The van der Waals surface area contributed by atoms with Gasteiger partial charge in [0.15, 0.2) is 0 Å². The zero-order valence-corrected chi connectivity index (χ0v) is 11.8. The van der Waals surface area contributed by atoms with Crippen molar-refractivity contribution >= 4 is 31.5 Å². The summed E-state index contributed by atoms with van der Waals surface area (Å²) in [5.41, 5.74) is -0.0715. The van der Waals surface area contributed by atoms with Crippen LogP contribution in [0.5, 0.6) is 0 Å². The number of nitrogens with zero attached hydrogens (tertiary/aromatic N) is 3. The summed E-state index contributed by atoms with van der Waals surface area (Å²) in [6, 6.07) is -0.907. The summed E-state index contributed by atoms with van der Waals surface area (Å²) < 4.78 is 23.7. The number of hydrogen-bond donors (Lipinski definition) is 1. The molecular weight excluding hydrogens is 300 g/mol. The van der Waals surface area contributed by atoms with E-state index >= 15 is 0 Å². The average Bonchev–Trinajstić information content (AvgIpc) is 2.64. The quantitative estimate of drug-likeness (QED) is 0.485. The van der Waals surface area contributed by atoms with Gasteiger partial charge in [-0.2, -0.15) is 4.68 Å². The van der Waals surface area contributed by atoms with Crippen molar-refractivity contribution in [3.8, 4) is 0 Å². The van der Waals surface area contributed by atoms with E-state index in [0.29, 0.717) is 0 Å². The molecule has 0 aliphatic rings. The average molecular weight is 311 g/mol. The van der Waals surface area contributed by atoms with Crippen LogP contribution in [-0.4, -0.2) is 36.1 Å². The Morgan fingerprint density at radius 1 is 1.58 bits per heavy atom. The van der Waals surface area contributed by atoms with E-state index in [4.69, 9.17) is 10.7 Å². The number of halogens is 1. The molecule has 1 heterocycles. The molecule has 9 nitrogen and oxygen atoms in total. The van der Waals surface area contributed by atoms with Crippen molar-refractivity contribution in [1.29, 1.82) is 0 Å². The smallest absolute Gasteiger partial charge is 0.358 e. The van der Waals surface area contributed by atoms with Gasteiger partial charge in [-0.25, -0.2) is 8.42 Å². The molecule has 0 saturated heterocycles. The molecule has 106 valence electrons. The topological polar surface area (TPSA) is 124 Å². The van der Waals surface area contributed by atoms with E-state index in [2.05, 4.69) is 10.4 Å². The van der Waals surface area contributed by atoms with Gasteiger partial charge >= 0.3 is 5.82 Å². The summed E-state index contributed by atoms with van der Waals surface area (Å²) in [5.74, 6) is -1.37. The minimum absolute atomic E-state index is 0.0715. The molecular formula is C8H11ClN4O5S. The van der Waals surface area contributed by atoms with E-state index < -0.39 is 36.6 Å². The van der Waals surface area contributed by atoms with Crippen molar-refractivity contribution in [2.24, 2.45) is 0 Å². The molecule has 0 fully saturated rings. The van der Waals surface area contributed by atoms with Gasteiger partial charge in [-0.1, -0.05) is 0 Å². The molecule has 0 aromatic carbocycles. The predicted molar refractivity (Wildman–Crippen MR) is 65.4 cm³/mol. The third kappa shape index (κ3) is 2.84. The van der Waals surface area contributed by atoms with Crippen molar-refractivity contribution in [1.82, 2.24) is 15.1 Å². The largest absolute Gasteiger partial charge is 0.410 e. The van der Waals surface area contributed by atoms with E-state index in [1.165, 1.54) is 20.9 Å². The normalized spacial score (nSPS) is 13.1. The van der Waals surface area contributed by atoms with Crippen LogP contribution >= 0.6 is 10.7 Å². The number of carbonyl (C=O) groups excluding carboxylic acids is 1. The van der Waals surface area contributed by atoms with Crippen LogP contribution in [0, 0.1) is 17.0 Å². The zero-order valence-electron chi connectivity index (χ0n) is 10.2. The number of likely N-dealkylation sites (N-methyl/N-ethyl adjacent to an activating group) is 1. The second-order valence-corrected chi connectivity index (χ2v) is 6.17. The molecule has 1 atom stereocenters. The van der Waals surface area contributed by atoms with Crippen LogP contribution in [0.1, 0.15) is 18.7 Å². The Balaban J connectivity index is 3.56. The van der Waals surface area contributed by atoms with Crippen molar-refractivity contribution < 1.29 is 18.1 Å². The van der Waals surface area contributed by atoms with Gasteiger partial charge in [-0.15, -0.1) is 0 Å². The molecule has 19 heavy (non-hydrogen) atoms. The van der Waals surface area contributed by atoms with E-state index in [9.17, 15) is 23.3 Å². The molecule has 1 amide bonds. The van der Waals surface area contributed by atoms with Crippen LogP contribution in [0.15, 0.2) is 4.90 Å². The first kappa shape index (κ1) is 15.4. The lowest BCUT2D eigenvalue weighted by atomic mass is 10.3. The summed E-state index contributed by atoms with van der Waals surface area (Å²) in [4.78, 5) is 20.6. The number of nitrogens with one attached hydrogen (secondary N) is 1. The molecule has 0 radical (unpaired) electrons. The Kier molecular flexibility index (Phi) is 4.15. The van der Waals surface area contributed by atoms with Crippen molar-refractivity contribution in [2.75, 3.05) is 7.05 Å². The Bertz CT molecular complexity index is 638. The molecule has 0 bridgehead atoms. The van der Waals surface area contributed by atoms with Crippen LogP contribution < -0.4 is 5.32 Å². The summed E-state index contributed by atoms with van der Waals surface area (Å²) in [5, 5.41) is 16.7. The maximum atomic E-state index is 11.5. The molecule has 0 spiro atoms. The second-order valence-electron chi connectivity index (χ2n) is 3.67.